The molecule has 0 radical (unpaired) electrons. The molecule has 2 heterocycles. The van der Waals surface area contributed by atoms with Crippen LogP contribution in [0.2, 0.25) is 0 Å². The molecule has 1 saturated heterocycles. The van der Waals surface area contributed by atoms with E-state index < -0.39 is 0 Å². The molecule has 0 spiro atoms. The lowest BCUT2D eigenvalue weighted by atomic mass is 9.99. The second kappa shape index (κ2) is 7.52. The molecule has 25 heavy (non-hydrogen) atoms. The van der Waals surface area contributed by atoms with Crippen LogP contribution in [0.4, 0.5) is 5.82 Å². The zero-order valence-corrected chi connectivity index (χ0v) is 16.2. The highest BCUT2D eigenvalue weighted by Gasteiger charge is 2.20. The van der Waals surface area contributed by atoms with Gasteiger partial charge in [-0.3, -0.25) is 0 Å². The minimum atomic E-state index is 0.585. The summed E-state index contributed by atoms with van der Waals surface area (Å²) in [6, 6.07) is 7.31. The fourth-order valence-corrected chi connectivity index (χ4v) is 3.64. The van der Waals surface area contributed by atoms with Crippen LogP contribution in [0, 0.1) is 34.6 Å². The van der Waals surface area contributed by atoms with Gasteiger partial charge in [0.05, 0.1) is 0 Å². The van der Waals surface area contributed by atoms with Gasteiger partial charge in [-0.1, -0.05) is 12.1 Å². The molecular weight excluding hydrogens is 308 g/mol. The molecule has 0 saturated carbocycles. The first-order valence-electron chi connectivity index (χ1n) is 9.29. The van der Waals surface area contributed by atoms with Crippen LogP contribution in [0.25, 0.3) is 0 Å². The van der Waals surface area contributed by atoms with E-state index in [1.807, 2.05) is 13.8 Å². The molecule has 0 atom stereocenters. The van der Waals surface area contributed by atoms with E-state index >= 15 is 0 Å². The van der Waals surface area contributed by atoms with E-state index in [1.54, 1.807) is 0 Å². The average molecular weight is 338 g/mol. The smallest absolute Gasteiger partial charge is 0.132 e. The molecule has 4 nitrogen and oxygen atoms in total. The van der Waals surface area contributed by atoms with Crippen molar-refractivity contribution < 1.29 is 0 Å². The molecule has 2 aromatic rings. The van der Waals surface area contributed by atoms with Crippen molar-refractivity contribution in [1.29, 1.82) is 0 Å². The van der Waals surface area contributed by atoms with E-state index in [1.165, 1.54) is 22.3 Å². The number of piperidine rings is 1. The van der Waals surface area contributed by atoms with Crippen molar-refractivity contribution >= 4 is 5.82 Å². The normalized spacial score (nSPS) is 15.6. The number of rotatable bonds is 4. The van der Waals surface area contributed by atoms with Crippen molar-refractivity contribution in [3.05, 3.63) is 52.0 Å². The molecular formula is C21H30N4. The van der Waals surface area contributed by atoms with Crippen molar-refractivity contribution in [3.63, 3.8) is 0 Å². The van der Waals surface area contributed by atoms with Crippen LogP contribution in [0.5, 0.6) is 0 Å². The quantitative estimate of drug-likeness (QED) is 0.921. The van der Waals surface area contributed by atoms with Crippen LogP contribution in [0.15, 0.2) is 18.2 Å². The molecule has 1 fully saturated rings. The number of aryl methyl sites for hydroxylation is 5. The Hall–Kier alpha value is -1.94. The van der Waals surface area contributed by atoms with Crippen LogP contribution < -0.4 is 10.2 Å². The Morgan fingerprint density at radius 2 is 1.60 bits per heavy atom. The number of hydrogen-bond donors (Lipinski definition) is 1. The zero-order chi connectivity index (χ0) is 18.0. The van der Waals surface area contributed by atoms with Crippen LogP contribution in [-0.4, -0.2) is 29.1 Å². The molecule has 1 aliphatic rings. The number of hydrogen-bond acceptors (Lipinski definition) is 4. The van der Waals surface area contributed by atoms with Gasteiger partial charge in [-0.05, 0) is 69.7 Å². The molecule has 3 rings (SSSR count). The highest BCUT2D eigenvalue weighted by atomic mass is 15.2. The third kappa shape index (κ3) is 4.37. The van der Waals surface area contributed by atoms with Crippen molar-refractivity contribution in [1.82, 2.24) is 15.3 Å². The molecule has 4 heteroatoms. The van der Waals surface area contributed by atoms with Gasteiger partial charge < -0.3 is 10.2 Å². The summed E-state index contributed by atoms with van der Waals surface area (Å²) < 4.78 is 0. The second-order valence-corrected chi connectivity index (χ2v) is 7.42. The minimum absolute atomic E-state index is 0.585. The SMILES string of the molecule is Cc1cc(N2CCC(NCc3cc(C)c(C)cc3C)CC2)nc(C)n1. The van der Waals surface area contributed by atoms with Gasteiger partial charge in [-0.25, -0.2) is 9.97 Å². The van der Waals surface area contributed by atoms with E-state index in [2.05, 4.69) is 59.2 Å². The topological polar surface area (TPSA) is 41.0 Å². The van der Waals surface area contributed by atoms with Crippen LogP contribution in [-0.2, 0) is 6.54 Å². The van der Waals surface area contributed by atoms with E-state index in [9.17, 15) is 0 Å². The summed E-state index contributed by atoms with van der Waals surface area (Å²) in [5.74, 6) is 1.94. The Kier molecular flexibility index (Phi) is 5.38. The lowest BCUT2D eigenvalue weighted by Gasteiger charge is -2.33. The molecule has 0 aliphatic carbocycles. The first-order valence-corrected chi connectivity index (χ1v) is 9.29. The summed E-state index contributed by atoms with van der Waals surface area (Å²) in [7, 11) is 0. The Morgan fingerprint density at radius 3 is 2.28 bits per heavy atom. The molecule has 1 N–H and O–H groups in total. The van der Waals surface area contributed by atoms with Crippen molar-refractivity contribution in [2.24, 2.45) is 0 Å². The Bertz CT molecular complexity index is 726. The monoisotopic (exact) mass is 338 g/mol. The highest BCUT2D eigenvalue weighted by Crippen LogP contribution is 2.20. The van der Waals surface area contributed by atoms with Crippen molar-refractivity contribution in [3.8, 4) is 0 Å². The van der Waals surface area contributed by atoms with Gasteiger partial charge in [-0.2, -0.15) is 0 Å². The highest BCUT2D eigenvalue weighted by molar-refractivity contribution is 5.40. The van der Waals surface area contributed by atoms with Gasteiger partial charge in [0.2, 0.25) is 0 Å². The van der Waals surface area contributed by atoms with Crippen LogP contribution in [0.3, 0.4) is 0 Å². The fraction of sp³-hybridized carbons (Fsp3) is 0.524. The second-order valence-electron chi connectivity index (χ2n) is 7.42. The summed E-state index contributed by atoms with van der Waals surface area (Å²) in [6.45, 7) is 13.7. The van der Waals surface area contributed by atoms with Crippen LogP contribution in [0.1, 0.15) is 46.6 Å². The maximum Gasteiger partial charge on any atom is 0.132 e. The van der Waals surface area contributed by atoms with E-state index in [-0.39, 0.29) is 0 Å². The maximum absolute atomic E-state index is 4.60. The number of nitrogens with one attached hydrogen (secondary N) is 1. The summed E-state index contributed by atoms with van der Waals surface area (Å²) in [5.41, 5.74) is 6.62. The van der Waals surface area contributed by atoms with Gasteiger partial charge >= 0.3 is 0 Å². The summed E-state index contributed by atoms with van der Waals surface area (Å²) >= 11 is 0. The maximum atomic E-state index is 4.60. The third-order valence-corrected chi connectivity index (χ3v) is 5.30. The molecule has 0 amide bonds. The van der Waals surface area contributed by atoms with Gasteiger partial charge in [-0.15, -0.1) is 0 Å². The predicted molar refractivity (Wildman–Crippen MR) is 104 cm³/mol. The molecule has 0 unspecified atom stereocenters. The van der Waals surface area contributed by atoms with Gasteiger partial charge in [0.1, 0.15) is 11.6 Å². The largest absolute Gasteiger partial charge is 0.356 e. The number of nitrogens with zero attached hydrogens (tertiary/aromatic N) is 3. The molecule has 1 aromatic heterocycles. The van der Waals surface area contributed by atoms with Gasteiger partial charge in [0, 0.05) is 37.4 Å². The Labute approximate surface area is 151 Å². The van der Waals surface area contributed by atoms with Crippen molar-refractivity contribution in [2.75, 3.05) is 18.0 Å². The first kappa shape index (κ1) is 17.9. The van der Waals surface area contributed by atoms with E-state index in [4.69, 9.17) is 0 Å². The number of anilines is 1. The first-order chi connectivity index (χ1) is 11.9. The van der Waals surface area contributed by atoms with Gasteiger partial charge in [0.15, 0.2) is 0 Å². The molecule has 0 bridgehead atoms. The predicted octanol–water partition coefficient (Wildman–Crippen LogP) is 3.78. The summed E-state index contributed by atoms with van der Waals surface area (Å²) in [4.78, 5) is 11.4. The van der Waals surface area contributed by atoms with Crippen LogP contribution >= 0.6 is 0 Å². The van der Waals surface area contributed by atoms with Crippen molar-refractivity contribution in [2.45, 2.75) is 60.0 Å². The lowest BCUT2D eigenvalue weighted by Crippen LogP contribution is -2.42. The average Bonchev–Trinajstić information content (AvgIpc) is 2.56. The molecule has 1 aliphatic heterocycles. The fourth-order valence-electron chi connectivity index (χ4n) is 3.64. The Balaban J connectivity index is 1.55. The van der Waals surface area contributed by atoms with Gasteiger partial charge in [0.25, 0.3) is 0 Å². The molecule has 134 valence electrons. The Morgan fingerprint density at radius 1 is 0.920 bits per heavy atom. The summed E-state index contributed by atoms with van der Waals surface area (Å²) in [6.07, 6.45) is 2.32. The minimum Gasteiger partial charge on any atom is -0.356 e. The standard InChI is InChI=1S/C21H30N4/c1-14-10-16(3)19(11-15(14)2)13-22-20-6-8-25(9-7-20)21-12-17(4)23-18(5)24-21/h10-12,20,22H,6-9,13H2,1-5H3. The number of benzene rings is 1. The lowest BCUT2D eigenvalue weighted by molar-refractivity contribution is 0.412. The number of aromatic nitrogens is 2. The summed E-state index contributed by atoms with van der Waals surface area (Å²) in [5, 5.41) is 3.76. The third-order valence-electron chi connectivity index (χ3n) is 5.30. The zero-order valence-electron chi connectivity index (χ0n) is 16.2. The molecule has 1 aromatic carbocycles. The van der Waals surface area contributed by atoms with E-state index in [0.717, 1.165) is 49.8 Å². The van der Waals surface area contributed by atoms with E-state index in [0.29, 0.717) is 6.04 Å².